The fraction of sp³-hybridized carbons (Fsp3) is 0.556. The molecule has 2 rings (SSSR count). The molecule has 2 N–H and O–H groups in total. The zero-order chi connectivity index (χ0) is 17.9. The highest BCUT2D eigenvalue weighted by molar-refractivity contribution is 14.0. The molecule has 0 bridgehead atoms. The second-order valence-electron chi connectivity index (χ2n) is 5.90. The zero-order valence-electron chi connectivity index (χ0n) is 15.6. The molecule has 7 nitrogen and oxygen atoms in total. The summed E-state index contributed by atoms with van der Waals surface area (Å²) in [6.45, 7) is 4.94. The molecule has 0 saturated carbocycles. The Morgan fingerprint density at radius 2 is 1.85 bits per heavy atom. The summed E-state index contributed by atoms with van der Waals surface area (Å²) in [5, 5.41) is 6.25. The third-order valence-corrected chi connectivity index (χ3v) is 4.20. The fourth-order valence-corrected chi connectivity index (χ4v) is 2.77. The number of anilines is 1. The van der Waals surface area contributed by atoms with Gasteiger partial charge in [-0.05, 0) is 18.6 Å². The van der Waals surface area contributed by atoms with Crippen molar-refractivity contribution in [2.45, 2.75) is 6.42 Å². The average Bonchev–Trinajstić information content (AvgIpc) is 2.68. The van der Waals surface area contributed by atoms with Gasteiger partial charge in [-0.2, -0.15) is 0 Å². The molecule has 0 spiro atoms. The van der Waals surface area contributed by atoms with Crippen molar-refractivity contribution < 1.29 is 9.53 Å². The van der Waals surface area contributed by atoms with Gasteiger partial charge in [-0.1, -0.05) is 18.2 Å². The summed E-state index contributed by atoms with van der Waals surface area (Å²) in [5.74, 6) is 0.750. The molecule has 0 unspecified atom stereocenters. The fourth-order valence-electron chi connectivity index (χ4n) is 2.77. The Labute approximate surface area is 173 Å². The lowest BCUT2D eigenvalue weighted by molar-refractivity contribution is -0.130. The van der Waals surface area contributed by atoms with Gasteiger partial charge in [0, 0.05) is 59.2 Å². The number of piperazine rings is 1. The number of ether oxygens (including phenoxy) is 1. The Kier molecular flexibility index (Phi) is 11.0. The Morgan fingerprint density at radius 3 is 2.46 bits per heavy atom. The summed E-state index contributed by atoms with van der Waals surface area (Å²) < 4.78 is 5.01. The monoisotopic (exact) mass is 475 g/mol. The largest absolute Gasteiger partial charge is 0.385 e. The third kappa shape index (κ3) is 7.36. The normalized spacial score (nSPS) is 14.6. The smallest absolute Gasteiger partial charge is 0.242 e. The van der Waals surface area contributed by atoms with Crippen LogP contribution >= 0.6 is 24.0 Å². The van der Waals surface area contributed by atoms with Crippen LogP contribution in [0.15, 0.2) is 35.3 Å². The van der Waals surface area contributed by atoms with Crippen molar-refractivity contribution in [3.63, 3.8) is 0 Å². The predicted molar refractivity (Wildman–Crippen MR) is 117 cm³/mol. The first-order chi connectivity index (χ1) is 12.2. The first-order valence-corrected chi connectivity index (χ1v) is 8.76. The van der Waals surface area contributed by atoms with Gasteiger partial charge in [0.2, 0.25) is 5.91 Å². The zero-order valence-corrected chi connectivity index (χ0v) is 17.9. The minimum Gasteiger partial charge on any atom is -0.385 e. The summed E-state index contributed by atoms with van der Waals surface area (Å²) in [6, 6.07) is 10.3. The van der Waals surface area contributed by atoms with Gasteiger partial charge in [-0.3, -0.25) is 9.79 Å². The number of nitrogens with one attached hydrogen (secondary N) is 2. The van der Waals surface area contributed by atoms with E-state index >= 15 is 0 Å². The van der Waals surface area contributed by atoms with Gasteiger partial charge in [0.15, 0.2) is 5.96 Å². The van der Waals surface area contributed by atoms with E-state index in [1.54, 1.807) is 14.2 Å². The molecule has 1 aliphatic heterocycles. The SMILES string of the molecule is CN=C(NCCCOC)NCC(=O)N1CCN(c2ccccc2)CC1.I. The maximum absolute atomic E-state index is 12.4. The molecule has 26 heavy (non-hydrogen) atoms. The van der Waals surface area contributed by atoms with Crippen molar-refractivity contribution >= 4 is 41.5 Å². The van der Waals surface area contributed by atoms with Crippen LogP contribution in [0.5, 0.6) is 0 Å². The highest BCUT2D eigenvalue weighted by atomic mass is 127. The topological polar surface area (TPSA) is 69.2 Å². The van der Waals surface area contributed by atoms with Crippen LogP contribution in [0.3, 0.4) is 0 Å². The van der Waals surface area contributed by atoms with Gasteiger partial charge < -0.3 is 25.2 Å². The van der Waals surface area contributed by atoms with Crippen LogP contribution in [0.25, 0.3) is 0 Å². The molecule has 0 aliphatic carbocycles. The standard InChI is InChI=1S/C18H29N5O2.HI/c1-19-18(20-9-6-14-25-2)21-15-17(24)23-12-10-22(11-13-23)16-7-4-3-5-8-16;/h3-5,7-8H,6,9-15H2,1-2H3,(H2,19,20,21);1H. The molecule has 1 aliphatic rings. The summed E-state index contributed by atoms with van der Waals surface area (Å²) >= 11 is 0. The lowest BCUT2D eigenvalue weighted by atomic mass is 10.2. The number of para-hydroxylation sites is 1. The number of hydrogen-bond donors (Lipinski definition) is 2. The molecular formula is C18H30IN5O2. The summed E-state index contributed by atoms with van der Waals surface area (Å²) in [5.41, 5.74) is 1.22. The summed E-state index contributed by atoms with van der Waals surface area (Å²) in [6.07, 6.45) is 0.895. The number of aliphatic imine (C=N–C) groups is 1. The van der Waals surface area contributed by atoms with E-state index in [1.807, 2.05) is 23.1 Å². The van der Waals surface area contributed by atoms with Gasteiger partial charge in [0.05, 0.1) is 6.54 Å². The lowest BCUT2D eigenvalue weighted by Gasteiger charge is -2.36. The van der Waals surface area contributed by atoms with Crippen LogP contribution in [0.1, 0.15) is 6.42 Å². The predicted octanol–water partition coefficient (Wildman–Crippen LogP) is 1.15. The number of nitrogens with zero attached hydrogens (tertiary/aromatic N) is 3. The highest BCUT2D eigenvalue weighted by Crippen LogP contribution is 2.15. The maximum atomic E-state index is 12.4. The number of amides is 1. The van der Waals surface area contributed by atoms with Crippen LogP contribution in [0, 0.1) is 0 Å². The van der Waals surface area contributed by atoms with E-state index in [0.717, 1.165) is 39.1 Å². The van der Waals surface area contributed by atoms with Crippen LogP contribution < -0.4 is 15.5 Å². The van der Waals surface area contributed by atoms with E-state index in [-0.39, 0.29) is 36.4 Å². The van der Waals surface area contributed by atoms with Crippen LogP contribution in [0.2, 0.25) is 0 Å². The van der Waals surface area contributed by atoms with E-state index in [9.17, 15) is 4.79 Å². The van der Waals surface area contributed by atoms with Gasteiger partial charge in [-0.25, -0.2) is 0 Å². The van der Waals surface area contributed by atoms with Gasteiger partial charge in [0.1, 0.15) is 0 Å². The number of halogens is 1. The van der Waals surface area contributed by atoms with Crippen molar-refractivity contribution in [2.75, 3.05) is 64.9 Å². The molecular weight excluding hydrogens is 445 g/mol. The second kappa shape index (κ2) is 12.7. The molecule has 0 atom stereocenters. The molecule has 1 aromatic rings. The molecule has 146 valence electrons. The Bertz CT molecular complexity index is 548. The van der Waals surface area contributed by atoms with Crippen molar-refractivity contribution in [1.82, 2.24) is 15.5 Å². The van der Waals surface area contributed by atoms with Crippen molar-refractivity contribution in [1.29, 1.82) is 0 Å². The van der Waals surface area contributed by atoms with Crippen LogP contribution in [-0.2, 0) is 9.53 Å². The molecule has 1 amide bonds. The van der Waals surface area contributed by atoms with Crippen molar-refractivity contribution in [3.8, 4) is 0 Å². The minimum atomic E-state index is 0. The summed E-state index contributed by atoms with van der Waals surface area (Å²) in [7, 11) is 3.39. The van der Waals surface area contributed by atoms with E-state index in [2.05, 4.69) is 32.7 Å². The molecule has 8 heteroatoms. The van der Waals surface area contributed by atoms with Crippen LogP contribution in [-0.4, -0.2) is 76.8 Å². The second-order valence-corrected chi connectivity index (χ2v) is 5.90. The number of methoxy groups -OCH3 is 1. The minimum absolute atomic E-state index is 0. The van der Waals surface area contributed by atoms with E-state index in [1.165, 1.54) is 5.69 Å². The van der Waals surface area contributed by atoms with Gasteiger partial charge >= 0.3 is 0 Å². The molecule has 1 aromatic carbocycles. The molecule has 1 heterocycles. The third-order valence-electron chi connectivity index (χ3n) is 4.20. The molecule has 1 fully saturated rings. The van der Waals surface area contributed by atoms with Crippen molar-refractivity contribution in [2.24, 2.45) is 4.99 Å². The number of hydrogen-bond acceptors (Lipinski definition) is 4. The quantitative estimate of drug-likeness (QED) is 0.268. The average molecular weight is 475 g/mol. The number of rotatable bonds is 7. The lowest BCUT2D eigenvalue weighted by Crippen LogP contribution is -2.52. The van der Waals surface area contributed by atoms with Gasteiger partial charge in [0.25, 0.3) is 0 Å². The number of benzene rings is 1. The summed E-state index contributed by atoms with van der Waals surface area (Å²) in [4.78, 5) is 20.7. The molecule has 0 radical (unpaired) electrons. The molecule has 1 saturated heterocycles. The number of guanidine groups is 1. The Morgan fingerprint density at radius 1 is 1.15 bits per heavy atom. The number of carbonyl (C=O) groups excluding carboxylic acids is 1. The first-order valence-electron chi connectivity index (χ1n) is 8.76. The first kappa shape index (κ1) is 22.5. The van der Waals surface area contributed by atoms with Crippen LogP contribution in [0.4, 0.5) is 5.69 Å². The van der Waals surface area contributed by atoms with Gasteiger partial charge in [-0.15, -0.1) is 24.0 Å². The Balaban J connectivity index is 0.00000338. The molecule has 0 aromatic heterocycles. The number of carbonyl (C=O) groups is 1. The van der Waals surface area contributed by atoms with E-state index < -0.39 is 0 Å². The van der Waals surface area contributed by atoms with Crippen molar-refractivity contribution in [3.05, 3.63) is 30.3 Å². The highest BCUT2D eigenvalue weighted by Gasteiger charge is 2.21. The van der Waals surface area contributed by atoms with E-state index in [4.69, 9.17) is 4.74 Å². The maximum Gasteiger partial charge on any atom is 0.242 e. The Hall–Kier alpha value is -1.55. The van der Waals surface area contributed by atoms with E-state index in [0.29, 0.717) is 12.6 Å².